The molecule has 0 aromatic rings. The van der Waals surface area contributed by atoms with E-state index in [0.29, 0.717) is 0 Å². The Morgan fingerprint density at radius 1 is 0.933 bits per heavy atom. The summed E-state index contributed by atoms with van der Waals surface area (Å²) in [6.07, 6.45) is 5.63. The summed E-state index contributed by atoms with van der Waals surface area (Å²) in [5.74, 6) is 2.00. The standard InChI is InChI=1S/C11H22N2S2/c1-12-6-2-10(3-7-12)11-4-8-13(15-14)9-5-11/h10-11,14H,2-9H2,1H3. The predicted molar refractivity (Wildman–Crippen MR) is 71.1 cm³/mol. The minimum Gasteiger partial charge on any atom is -0.306 e. The van der Waals surface area contributed by atoms with Crippen molar-refractivity contribution in [2.75, 3.05) is 33.2 Å². The highest BCUT2D eigenvalue weighted by Gasteiger charge is 2.28. The quantitative estimate of drug-likeness (QED) is 0.455. The molecule has 0 saturated carbocycles. The van der Waals surface area contributed by atoms with Crippen LogP contribution in [-0.4, -0.2) is 42.4 Å². The number of hydrogen-bond donors (Lipinski definition) is 1. The molecule has 0 aromatic carbocycles. The lowest BCUT2D eigenvalue weighted by molar-refractivity contribution is 0.135. The van der Waals surface area contributed by atoms with Gasteiger partial charge in [0.05, 0.1) is 0 Å². The number of likely N-dealkylation sites (tertiary alicyclic amines) is 1. The molecule has 2 fully saturated rings. The van der Waals surface area contributed by atoms with E-state index in [-0.39, 0.29) is 0 Å². The summed E-state index contributed by atoms with van der Waals surface area (Å²) in [6.45, 7) is 5.11. The molecule has 0 atom stereocenters. The van der Waals surface area contributed by atoms with Gasteiger partial charge in [0.1, 0.15) is 0 Å². The number of nitrogens with zero attached hydrogens (tertiary/aromatic N) is 2. The summed E-state index contributed by atoms with van der Waals surface area (Å²) in [5, 5.41) is 0. The third kappa shape index (κ3) is 3.29. The van der Waals surface area contributed by atoms with E-state index in [1.54, 1.807) is 11.0 Å². The van der Waals surface area contributed by atoms with E-state index in [1.807, 2.05) is 0 Å². The first kappa shape index (κ1) is 12.1. The van der Waals surface area contributed by atoms with Crippen molar-refractivity contribution in [3.63, 3.8) is 0 Å². The average Bonchev–Trinajstić information content (AvgIpc) is 2.30. The van der Waals surface area contributed by atoms with E-state index in [9.17, 15) is 0 Å². The van der Waals surface area contributed by atoms with E-state index in [1.165, 1.54) is 51.9 Å². The van der Waals surface area contributed by atoms with Gasteiger partial charge in [-0.3, -0.25) is 0 Å². The van der Waals surface area contributed by atoms with Gasteiger partial charge in [0, 0.05) is 13.1 Å². The second-order valence-corrected chi connectivity index (χ2v) is 6.16. The Morgan fingerprint density at radius 2 is 1.40 bits per heavy atom. The van der Waals surface area contributed by atoms with Gasteiger partial charge >= 0.3 is 0 Å². The first-order valence-corrected chi connectivity index (χ1v) is 7.87. The van der Waals surface area contributed by atoms with Crippen LogP contribution in [0, 0.1) is 11.8 Å². The van der Waals surface area contributed by atoms with Crippen molar-refractivity contribution in [2.45, 2.75) is 25.7 Å². The molecule has 0 radical (unpaired) electrons. The molecule has 0 unspecified atom stereocenters. The molecule has 2 aliphatic heterocycles. The van der Waals surface area contributed by atoms with Crippen molar-refractivity contribution >= 4 is 22.6 Å². The van der Waals surface area contributed by atoms with E-state index in [0.717, 1.165) is 11.8 Å². The topological polar surface area (TPSA) is 6.48 Å². The van der Waals surface area contributed by atoms with Crippen LogP contribution in [0.5, 0.6) is 0 Å². The van der Waals surface area contributed by atoms with Crippen LogP contribution in [0.25, 0.3) is 0 Å². The Kier molecular flexibility index (Phi) is 4.68. The van der Waals surface area contributed by atoms with Gasteiger partial charge in [-0.1, -0.05) is 11.7 Å². The van der Waals surface area contributed by atoms with Crippen molar-refractivity contribution in [3.8, 4) is 0 Å². The molecular formula is C11H22N2S2. The average molecular weight is 246 g/mol. The van der Waals surface area contributed by atoms with E-state index >= 15 is 0 Å². The van der Waals surface area contributed by atoms with Crippen LogP contribution >= 0.6 is 22.6 Å². The van der Waals surface area contributed by atoms with Crippen LogP contribution in [0.4, 0.5) is 0 Å². The van der Waals surface area contributed by atoms with Crippen molar-refractivity contribution in [1.29, 1.82) is 0 Å². The third-order valence-electron chi connectivity index (χ3n) is 4.04. The Balaban J connectivity index is 1.75. The largest absolute Gasteiger partial charge is 0.306 e. The molecule has 2 aliphatic rings. The van der Waals surface area contributed by atoms with Crippen LogP contribution in [0.3, 0.4) is 0 Å². The maximum atomic E-state index is 4.27. The summed E-state index contributed by atoms with van der Waals surface area (Å²) >= 11 is 4.27. The molecule has 88 valence electrons. The number of hydrogen-bond acceptors (Lipinski definition) is 4. The summed E-state index contributed by atoms with van der Waals surface area (Å²) < 4.78 is 2.38. The van der Waals surface area contributed by atoms with Gasteiger partial charge in [-0.25, -0.2) is 4.31 Å². The molecule has 4 heteroatoms. The molecular weight excluding hydrogens is 224 g/mol. The molecule has 0 aromatic heterocycles. The highest BCUT2D eigenvalue weighted by molar-refractivity contribution is 8.67. The molecule has 0 aliphatic carbocycles. The molecule has 2 heterocycles. The van der Waals surface area contributed by atoms with E-state index in [4.69, 9.17) is 0 Å². The minimum atomic E-state index is 0.996. The third-order valence-corrected chi connectivity index (χ3v) is 5.33. The van der Waals surface area contributed by atoms with Gasteiger partial charge in [-0.15, -0.1) is 0 Å². The molecule has 2 rings (SSSR count). The zero-order valence-corrected chi connectivity index (χ0v) is 11.3. The smallest absolute Gasteiger partial charge is 0.00999 e. The number of piperidine rings is 2. The van der Waals surface area contributed by atoms with Gasteiger partial charge < -0.3 is 4.90 Å². The van der Waals surface area contributed by atoms with Crippen LogP contribution in [0.1, 0.15) is 25.7 Å². The van der Waals surface area contributed by atoms with Gasteiger partial charge in [0.15, 0.2) is 0 Å². The lowest BCUT2D eigenvalue weighted by atomic mass is 9.79. The minimum absolute atomic E-state index is 0.996. The van der Waals surface area contributed by atoms with Gasteiger partial charge in [0.25, 0.3) is 0 Å². The van der Waals surface area contributed by atoms with Gasteiger partial charge in [0.2, 0.25) is 0 Å². The van der Waals surface area contributed by atoms with Crippen molar-refractivity contribution in [3.05, 3.63) is 0 Å². The van der Waals surface area contributed by atoms with Crippen molar-refractivity contribution in [2.24, 2.45) is 11.8 Å². The lowest BCUT2D eigenvalue weighted by Gasteiger charge is -2.38. The lowest BCUT2D eigenvalue weighted by Crippen LogP contribution is -2.37. The molecule has 0 bridgehead atoms. The summed E-state index contributed by atoms with van der Waals surface area (Å²) in [6, 6.07) is 0. The fourth-order valence-corrected chi connectivity index (χ4v) is 3.79. The van der Waals surface area contributed by atoms with Crippen LogP contribution in [-0.2, 0) is 0 Å². The monoisotopic (exact) mass is 246 g/mol. The highest BCUT2D eigenvalue weighted by Crippen LogP contribution is 2.34. The van der Waals surface area contributed by atoms with Gasteiger partial charge in [-0.2, -0.15) is 0 Å². The Morgan fingerprint density at radius 3 is 1.87 bits per heavy atom. The van der Waals surface area contributed by atoms with Crippen molar-refractivity contribution < 1.29 is 0 Å². The SMILES string of the molecule is CN1CCC(C2CCN(SS)CC2)CC1. The van der Waals surface area contributed by atoms with Crippen LogP contribution in [0.15, 0.2) is 0 Å². The highest BCUT2D eigenvalue weighted by atomic mass is 33.1. The Hall–Kier alpha value is 0.620. The summed E-state index contributed by atoms with van der Waals surface area (Å²) in [4.78, 5) is 2.47. The first-order valence-electron chi connectivity index (χ1n) is 6.04. The van der Waals surface area contributed by atoms with E-state index in [2.05, 4.69) is 27.9 Å². The molecule has 0 amide bonds. The molecule has 2 nitrogen and oxygen atoms in total. The van der Waals surface area contributed by atoms with E-state index < -0.39 is 0 Å². The Bertz CT molecular complexity index is 185. The van der Waals surface area contributed by atoms with Gasteiger partial charge in [-0.05, 0) is 68.6 Å². The molecule has 15 heavy (non-hydrogen) atoms. The normalized spacial score (nSPS) is 28.4. The van der Waals surface area contributed by atoms with Crippen LogP contribution in [0.2, 0.25) is 0 Å². The zero-order valence-electron chi connectivity index (χ0n) is 9.56. The van der Waals surface area contributed by atoms with Crippen LogP contribution < -0.4 is 0 Å². The summed E-state index contributed by atoms with van der Waals surface area (Å²) in [7, 11) is 3.86. The predicted octanol–water partition coefficient (Wildman–Crippen LogP) is 2.53. The fraction of sp³-hybridized carbons (Fsp3) is 1.00. The second kappa shape index (κ2) is 5.80. The second-order valence-electron chi connectivity index (χ2n) is 4.99. The first-order chi connectivity index (χ1) is 7.29. The zero-order chi connectivity index (χ0) is 10.7. The Labute approximate surface area is 103 Å². The summed E-state index contributed by atoms with van der Waals surface area (Å²) in [5.41, 5.74) is 0. The molecule has 0 N–H and O–H groups in total. The maximum Gasteiger partial charge on any atom is 0.00999 e. The molecule has 2 saturated heterocycles. The maximum absolute atomic E-state index is 4.27. The molecule has 0 spiro atoms. The fourth-order valence-electron chi connectivity index (χ4n) is 2.93. The number of rotatable bonds is 2. The van der Waals surface area contributed by atoms with Crippen molar-refractivity contribution in [1.82, 2.24) is 9.21 Å². The number of thiol groups is 1.